The maximum Gasteiger partial charge on any atom is 0.236 e. The third-order valence-corrected chi connectivity index (χ3v) is 5.34. The number of amides is 2. The monoisotopic (exact) mass is 400 g/mol. The maximum atomic E-state index is 13.3. The number of ether oxygens (including phenoxy) is 1. The average molecular weight is 400 g/mol. The van der Waals surface area contributed by atoms with E-state index < -0.39 is 5.92 Å². The van der Waals surface area contributed by atoms with E-state index in [1.165, 1.54) is 0 Å². The van der Waals surface area contributed by atoms with E-state index in [9.17, 15) is 9.59 Å². The fourth-order valence-corrected chi connectivity index (χ4v) is 3.88. The van der Waals surface area contributed by atoms with Crippen LogP contribution in [0.3, 0.4) is 0 Å². The second-order valence-corrected chi connectivity index (χ2v) is 7.28. The number of hydrogen-bond acceptors (Lipinski definition) is 3. The van der Waals surface area contributed by atoms with Gasteiger partial charge in [0, 0.05) is 18.7 Å². The standard InChI is InChI=1S/C25H24N2O3/c1-30-22-15-14-20(17-21(22)27-16-8-13-23(27)28)26-25(29)24(18-9-4-2-5-10-18)19-11-6-3-7-12-19/h2-7,9-12,14-15,17,24H,8,13,16H2,1H3,(H,26,29). The summed E-state index contributed by atoms with van der Waals surface area (Å²) in [5.41, 5.74) is 3.16. The lowest BCUT2D eigenvalue weighted by molar-refractivity contribution is -0.117. The van der Waals surface area contributed by atoms with E-state index in [0.717, 1.165) is 17.5 Å². The van der Waals surface area contributed by atoms with Gasteiger partial charge < -0.3 is 15.0 Å². The Morgan fingerprint density at radius 3 is 2.13 bits per heavy atom. The lowest BCUT2D eigenvalue weighted by Gasteiger charge is -2.21. The second kappa shape index (κ2) is 8.82. The van der Waals surface area contributed by atoms with Gasteiger partial charge in [-0.25, -0.2) is 0 Å². The third kappa shape index (κ3) is 4.06. The van der Waals surface area contributed by atoms with E-state index in [0.29, 0.717) is 30.1 Å². The van der Waals surface area contributed by atoms with Gasteiger partial charge in [-0.3, -0.25) is 9.59 Å². The molecule has 1 saturated heterocycles. The molecule has 1 aliphatic rings. The number of carbonyl (C=O) groups is 2. The first kappa shape index (κ1) is 19.7. The van der Waals surface area contributed by atoms with Gasteiger partial charge in [-0.05, 0) is 35.7 Å². The highest BCUT2D eigenvalue weighted by atomic mass is 16.5. The van der Waals surface area contributed by atoms with Crippen LogP contribution in [0.15, 0.2) is 78.9 Å². The molecule has 0 saturated carbocycles. The molecule has 0 spiro atoms. The zero-order valence-corrected chi connectivity index (χ0v) is 16.9. The summed E-state index contributed by atoms with van der Waals surface area (Å²) in [6, 6.07) is 24.8. The largest absolute Gasteiger partial charge is 0.495 e. The predicted octanol–water partition coefficient (Wildman–Crippen LogP) is 4.59. The summed E-state index contributed by atoms with van der Waals surface area (Å²) in [4.78, 5) is 27.3. The molecule has 30 heavy (non-hydrogen) atoms. The fourth-order valence-electron chi connectivity index (χ4n) is 3.88. The first-order valence-corrected chi connectivity index (χ1v) is 10.1. The van der Waals surface area contributed by atoms with Crippen molar-refractivity contribution in [2.45, 2.75) is 18.8 Å². The van der Waals surface area contributed by atoms with Crippen LogP contribution < -0.4 is 15.0 Å². The topological polar surface area (TPSA) is 58.6 Å². The highest BCUT2D eigenvalue weighted by Crippen LogP contribution is 2.35. The van der Waals surface area contributed by atoms with Gasteiger partial charge in [0.15, 0.2) is 0 Å². The maximum absolute atomic E-state index is 13.3. The van der Waals surface area contributed by atoms with Gasteiger partial charge >= 0.3 is 0 Å². The minimum absolute atomic E-state index is 0.0724. The van der Waals surface area contributed by atoms with Crippen molar-refractivity contribution in [3.05, 3.63) is 90.0 Å². The van der Waals surface area contributed by atoms with Gasteiger partial charge in [-0.15, -0.1) is 0 Å². The van der Waals surface area contributed by atoms with Gasteiger partial charge in [0.1, 0.15) is 5.75 Å². The molecule has 0 aromatic heterocycles. The van der Waals surface area contributed by atoms with Crippen molar-refractivity contribution in [3.63, 3.8) is 0 Å². The summed E-state index contributed by atoms with van der Waals surface area (Å²) in [5, 5.41) is 3.04. The Morgan fingerprint density at radius 1 is 0.967 bits per heavy atom. The van der Waals surface area contributed by atoms with E-state index >= 15 is 0 Å². The number of rotatable bonds is 6. The second-order valence-electron chi connectivity index (χ2n) is 7.28. The minimum atomic E-state index is -0.439. The molecule has 4 rings (SSSR count). The van der Waals surface area contributed by atoms with Crippen LogP contribution in [-0.4, -0.2) is 25.5 Å². The summed E-state index contributed by atoms with van der Waals surface area (Å²) in [6.45, 7) is 0.656. The van der Waals surface area contributed by atoms with Crippen molar-refractivity contribution in [2.24, 2.45) is 0 Å². The molecular weight excluding hydrogens is 376 g/mol. The zero-order valence-electron chi connectivity index (χ0n) is 16.9. The van der Waals surface area contributed by atoms with Crippen molar-refractivity contribution in [3.8, 4) is 5.75 Å². The predicted molar refractivity (Wildman–Crippen MR) is 118 cm³/mol. The van der Waals surface area contributed by atoms with Gasteiger partial charge in [-0.1, -0.05) is 60.7 Å². The highest BCUT2D eigenvalue weighted by Gasteiger charge is 2.26. The Bertz CT molecular complexity index is 995. The molecule has 152 valence electrons. The third-order valence-electron chi connectivity index (χ3n) is 5.34. The lowest BCUT2D eigenvalue weighted by atomic mass is 9.90. The molecule has 1 heterocycles. The number of anilines is 2. The first-order valence-electron chi connectivity index (χ1n) is 10.1. The molecule has 3 aromatic rings. The number of carbonyl (C=O) groups excluding carboxylic acids is 2. The molecule has 1 aliphatic heterocycles. The normalized spacial score (nSPS) is 13.5. The lowest BCUT2D eigenvalue weighted by Crippen LogP contribution is -2.25. The molecule has 0 radical (unpaired) electrons. The van der Waals surface area contributed by atoms with Crippen LogP contribution in [0.5, 0.6) is 5.75 Å². The van der Waals surface area contributed by atoms with Crippen molar-refractivity contribution in [2.75, 3.05) is 23.9 Å². The van der Waals surface area contributed by atoms with Crippen molar-refractivity contribution in [1.29, 1.82) is 0 Å². The summed E-state index contributed by atoms with van der Waals surface area (Å²) >= 11 is 0. The van der Waals surface area contributed by atoms with Crippen molar-refractivity contribution in [1.82, 2.24) is 0 Å². The van der Waals surface area contributed by atoms with Crippen LogP contribution in [0.2, 0.25) is 0 Å². The molecule has 1 N–H and O–H groups in total. The molecule has 5 nitrogen and oxygen atoms in total. The quantitative estimate of drug-likeness (QED) is 0.658. The zero-order chi connectivity index (χ0) is 20.9. The minimum Gasteiger partial charge on any atom is -0.495 e. The molecule has 0 bridgehead atoms. The van der Waals surface area contributed by atoms with Crippen molar-refractivity contribution < 1.29 is 14.3 Å². The average Bonchev–Trinajstić information content (AvgIpc) is 3.21. The molecule has 3 aromatic carbocycles. The van der Waals surface area contributed by atoms with E-state index in [-0.39, 0.29) is 11.8 Å². The molecule has 0 unspecified atom stereocenters. The summed E-state index contributed by atoms with van der Waals surface area (Å²) in [6.07, 6.45) is 1.35. The fraction of sp³-hybridized carbons (Fsp3) is 0.200. The number of nitrogens with one attached hydrogen (secondary N) is 1. The SMILES string of the molecule is COc1ccc(NC(=O)C(c2ccccc2)c2ccccc2)cc1N1CCCC1=O. The smallest absolute Gasteiger partial charge is 0.236 e. The van der Waals surface area contributed by atoms with E-state index in [4.69, 9.17) is 4.74 Å². The highest BCUT2D eigenvalue weighted by molar-refractivity contribution is 6.01. The number of methoxy groups -OCH3 is 1. The Labute approximate surface area is 176 Å². The number of benzene rings is 3. The molecule has 5 heteroatoms. The molecule has 2 amide bonds. The Kier molecular flexibility index (Phi) is 5.80. The Morgan fingerprint density at radius 2 is 1.60 bits per heavy atom. The Balaban J connectivity index is 1.65. The molecule has 0 aliphatic carbocycles. The summed E-state index contributed by atoms with van der Waals surface area (Å²) < 4.78 is 5.45. The van der Waals surface area contributed by atoms with Crippen LogP contribution in [0.25, 0.3) is 0 Å². The number of hydrogen-bond donors (Lipinski definition) is 1. The number of nitrogens with zero attached hydrogens (tertiary/aromatic N) is 1. The van der Waals surface area contributed by atoms with Crippen LogP contribution in [0, 0.1) is 0 Å². The van der Waals surface area contributed by atoms with Gasteiger partial charge in [-0.2, -0.15) is 0 Å². The Hall–Kier alpha value is -3.60. The van der Waals surface area contributed by atoms with Gasteiger partial charge in [0.25, 0.3) is 0 Å². The van der Waals surface area contributed by atoms with Crippen LogP contribution in [-0.2, 0) is 9.59 Å². The van der Waals surface area contributed by atoms with Crippen LogP contribution >= 0.6 is 0 Å². The van der Waals surface area contributed by atoms with E-state index in [1.807, 2.05) is 66.7 Å². The summed E-state index contributed by atoms with van der Waals surface area (Å²) in [5.74, 6) is 0.122. The summed E-state index contributed by atoms with van der Waals surface area (Å²) in [7, 11) is 1.58. The van der Waals surface area contributed by atoms with Crippen molar-refractivity contribution >= 4 is 23.2 Å². The van der Waals surface area contributed by atoms with Crippen LogP contribution in [0.4, 0.5) is 11.4 Å². The molecular formula is C25H24N2O3. The molecule has 0 atom stereocenters. The molecule has 1 fully saturated rings. The van der Waals surface area contributed by atoms with E-state index in [2.05, 4.69) is 5.32 Å². The van der Waals surface area contributed by atoms with Gasteiger partial charge in [0.2, 0.25) is 11.8 Å². The first-order chi connectivity index (χ1) is 14.7. The van der Waals surface area contributed by atoms with Gasteiger partial charge in [0.05, 0.1) is 18.7 Å². The van der Waals surface area contributed by atoms with E-state index in [1.54, 1.807) is 24.1 Å². The van der Waals surface area contributed by atoms with Crippen LogP contribution in [0.1, 0.15) is 29.9 Å².